The molecule has 0 aliphatic carbocycles. The average Bonchev–Trinajstić information content (AvgIpc) is 3.53. The van der Waals surface area contributed by atoms with Crippen LogP contribution in [-0.4, -0.2) is 47.4 Å². The number of nitrogens with one attached hydrogen (secondary N) is 1. The molecule has 0 rings (SSSR count). The SMILES string of the molecule is CCCCCC/C=C\C/C=C\CCCCCCCCCC(=O)OCCCCCCCCCCCCCCCCCCCCCCCCCCCCCCCCCCC(=O)NC(CO)C(O)/C=C/CCCCCCCCCCCCCCCCCCCC. The minimum absolute atomic E-state index is 0.0143. The van der Waals surface area contributed by atoms with E-state index in [1.807, 2.05) is 6.08 Å². The molecule has 0 spiro atoms. The molecular formula is C81H155NO5. The minimum Gasteiger partial charge on any atom is -0.466 e. The number of ether oxygens (including phenoxy) is 1. The average molecular weight is 1220 g/mol. The van der Waals surface area contributed by atoms with Crippen LogP contribution in [0, 0.1) is 0 Å². The molecule has 0 saturated carbocycles. The molecule has 0 aromatic carbocycles. The zero-order valence-corrected chi connectivity index (χ0v) is 59.0. The Hall–Kier alpha value is -1.92. The molecule has 514 valence electrons. The summed E-state index contributed by atoms with van der Waals surface area (Å²) in [5.41, 5.74) is 0. The Bertz CT molecular complexity index is 1410. The van der Waals surface area contributed by atoms with Crippen LogP contribution in [0.5, 0.6) is 0 Å². The summed E-state index contributed by atoms with van der Waals surface area (Å²) in [6, 6.07) is -0.625. The maximum atomic E-state index is 12.5. The van der Waals surface area contributed by atoms with Crippen LogP contribution in [0.3, 0.4) is 0 Å². The van der Waals surface area contributed by atoms with Crippen molar-refractivity contribution < 1.29 is 24.5 Å². The first-order valence-corrected chi connectivity index (χ1v) is 39.8. The molecule has 0 radical (unpaired) electrons. The number of aliphatic hydroxyl groups is 2. The van der Waals surface area contributed by atoms with Crippen LogP contribution in [0.4, 0.5) is 0 Å². The van der Waals surface area contributed by atoms with Gasteiger partial charge in [0.25, 0.3) is 0 Å². The molecule has 6 nitrogen and oxygen atoms in total. The second-order valence-corrected chi connectivity index (χ2v) is 27.4. The van der Waals surface area contributed by atoms with Gasteiger partial charge in [-0.2, -0.15) is 0 Å². The molecule has 6 heteroatoms. The van der Waals surface area contributed by atoms with E-state index >= 15 is 0 Å². The molecule has 0 bridgehead atoms. The highest BCUT2D eigenvalue weighted by molar-refractivity contribution is 5.76. The van der Waals surface area contributed by atoms with Gasteiger partial charge >= 0.3 is 5.97 Å². The molecule has 0 aliphatic rings. The molecule has 1 amide bonds. The van der Waals surface area contributed by atoms with E-state index in [0.29, 0.717) is 19.4 Å². The minimum atomic E-state index is -0.842. The molecule has 0 fully saturated rings. The monoisotopic (exact) mass is 1220 g/mol. The van der Waals surface area contributed by atoms with Gasteiger partial charge in [-0.3, -0.25) is 9.59 Å². The standard InChI is InChI=1S/C81H155NO5/c1-3-5-7-9-11-13-15-17-19-21-23-38-41-45-49-53-57-61-65-69-73-79(84)78(77-83)82-80(85)74-70-66-62-58-54-50-46-42-39-36-34-32-30-28-26-24-25-27-29-31-33-35-37-40-44-48-52-56-60-64-68-72-76-87-81(86)75-71-67-63-59-55-51-47-43-22-20-18-16-14-12-10-8-6-4-2/h14,16,20,22,69,73,78-79,83-84H,3-13,15,17-19,21,23-68,70-72,74-77H2,1-2H3,(H,82,85)/b16-14-,22-20-,73-69+. The lowest BCUT2D eigenvalue weighted by molar-refractivity contribution is -0.143. The van der Waals surface area contributed by atoms with Crippen molar-refractivity contribution in [2.45, 2.75) is 456 Å². The highest BCUT2D eigenvalue weighted by Crippen LogP contribution is 2.20. The summed E-state index contributed by atoms with van der Waals surface area (Å²) in [4.78, 5) is 24.7. The van der Waals surface area contributed by atoms with Gasteiger partial charge in [0.2, 0.25) is 5.91 Å². The van der Waals surface area contributed by atoms with Gasteiger partial charge in [-0.1, -0.05) is 403 Å². The van der Waals surface area contributed by atoms with Crippen molar-refractivity contribution in [2.24, 2.45) is 0 Å². The van der Waals surface area contributed by atoms with Gasteiger partial charge in [0.15, 0.2) is 0 Å². The molecule has 0 saturated heterocycles. The van der Waals surface area contributed by atoms with E-state index in [4.69, 9.17) is 4.74 Å². The number of rotatable bonds is 75. The van der Waals surface area contributed by atoms with Crippen LogP contribution >= 0.6 is 0 Å². The van der Waals surface area contributed by atoms with Crippen molar-refractivity contribution in [1.82, 2.24) is 5.32 Å². The molecule has 0 aromatic heterocycles. The van der Waals surface area contributed by atoms with Crippen LogP contribution in [-0.2, 0) is 14.3 Å². The Morgan fingerprint density at radius 2 is 0.575 bits per heavy atom. The van der Waals surface area contributed by atoms with Crippen LogP contribution in [0.15, 0.2) is 36.5 Å². The third-order valence-electron chi connectivity index (χ3n) is 18.7. The van der Waals surface area contributed by atoms with E-state index in [1.54, 1.807) is 6.08 Å². The molecule has 2 atom stereocenters. The van der Waals surface area contributed by atoms with Gasteiger partial charge in [0, 0.05) is 12.8 Å². The van der Waals surface area contributed by atoms with Crippen molar-refractivity contribution in [3.8, 4) is 0 Å². The summed E-state index contributed by atoms with van der Waals surface area (Å²) >= 11 is 0. The van der Waals surface area contributed by atoms with Gasteiger partial charge < -0.3 is 20.3 Å². The fourth-order valence-corrected chi connectivity index (χ4v) is 12.6. The number of hydrogen-bond acceptors (Lipinski definition) is 5. The lowest BCUT2D eigenvalue weighted by Gasteiger charge is -2.20. The number of esters is 1. The predicted octanol–water partition coefficient (Wildman–Crippen LogP) is 26.2. The zero-order chi connectivity index (χ0) is 62.8. The summed E-state index contributed by atoms with van der Waals surface area (Å²) in [5.74, 6) is -0.0448. The number of carbonyl (C=O) groups excluding carboxylic acids is 2. The van der Waals surface area contributed by atoms with Crippen molar-refractivity contribution in [3.05, 3.63) is 36.5 Å². The number of hydrogen-bond donors (Lipinski definition) is 3. The van der Waals surface area contributed by atoms with Crippen LogP contribution in [0.25, 0.3) is 0 Å². The predicted molar refractivity (Wildman–Crippen MR) is 384 cm³/mol. The number of carbonyl (C=O) groups is 2. The molecule has 2 unspecified atom stereocenters. The topological polar surface area (TPSA) is 95.9 Å². The van der Waals surface area contributed by atoms with E-state index in [1.165, 1.54) is 366 Å². The Morgan fingerprint density at radius 1 is 0.322 bits per heavy atom. The number of amides is 1. The van der Waals surface area contributed by atoms with E-state index in [2.05, 4.69) is 43.5 Å². The fourth-order valence-electron chi connectivity index (χ4n) is 12.6. The molecule has 0 heterocycles. The zero-order valence-electron chi connectivity index (χ0n) is 59.0. The number of allylic oxidation sites excluding steroid dienone is 5. The summed E-state index contributed by atoms with van der Waals surface area (Å²) in [5, 5.41) is 23.3. The molecule has 87 heavy (non-hydrogen) atoms. The Balaban J connectivity index is 3.34. The van der Waals surface area contributed by atoms with Crippen molar-refractivity contribution in [2.75, 3.05) is 13.2 Å². The Morgan fingerprint density at radius 3 is 0.885 bits per heavy atom. The normalized spacial score (nSPS) is 12.6. The summed E-state index contributed by atoms with van der Waals surface area (Å²) in [6.45, 7) is 4.93. The van der Waals surface area contributed by atoms with Crippen molar-refractivity contribution in [1.29, 1.82) is 0 Å². The number of unbranched alkanes of at least 4 members (excludes halogenated alkanes) is 60. The van der Waals surface area contributed by atoms with E-state index in [-0.39, 0.29) is 18.5 Å². The fraction of sp³-hybridized carbons (Fsp3) is 0.901. The first kappa shape index (κ1) is 85.1. The van der Waals surface area contributed by atoms with Gasteiger partial charge in [-0.15, -0.1) is 0 Å². The largest absolute Gasteiger partial charge is 0.466 e. The smallest absolute Gasteiger partial charge is 0.305 e. The van der Waals surface area contributed by atoms with Crippen LogP contribution in [0.2, 0.25) is 0 Å². The Kier molecular flexibility index (Phi) is 74.8. The van der Waals surface area contributed by atoms with Gasteiger partial charge in [0.1, 0.15) is 0 Å². The maximum Gasteiger partial charge on any atom is 0.305 e. The van der Waals surface area contributed by atoms with Crippen molar-refractivity contribution in [3.63, 3.8) is 0 Å². The molecule has 3 N–H and O–H groups in total. The molecule has 0 aliphatic heterocycles. The van der Waals surface area contributed by atoms with E-state index in [0.717, 1.165) is 51.4 Å². The molecular weight excluding hydrogens is 1070 g/mol. The quantitative estimate of drug-likeness (QED) is 0.0320. The summed E-state index contributed by atoms with van der Waals surface area (Å²) in [6.07, 6.45) is 99.8. The van der Waals surface area contributed by atoms with Crippen LogP contribution in [0.1, 0.15) is 444 Å². The van der Waals surface area contributed by atoms with Gasteiger partial charge in [-0.25, -0.2) is 0 Å². The van der Waals surface area contributed by atoms with Crippen molar-refractivity contribution >= 4 is 11.9 Å². The highest BCUT2D eigenvalue weighted by Gasteiger charge is 2.18. The van der Waals surface area contributed by atoms with E-state index in [9.17, 15) is 19.8 Å². The highest BCUT2D eigenvalue weighted by atomic mass is 16.5. The van der Waals surface area contributed by atoms with Gasteiger partial charge in [-0.05, 0) is 64.2 Å². The van der Waals surface area contributed by atoms with E-state index < -0.39 is 12.1 Å². The van der Waals surface area contributed by atoms with Gasteiger partial charge in [0.05, 0.1) is 25.4 Å². The first-order valence-electron chi connectivity index (χ1n) is 39.8. The Labute approximate surface area is 544 Å². The lowest BCUT2D eigenvalue weighted by atomic mass is 10.0. The molecule has 0 aromatic rings. The summed E-state index contributed by atoms with van der Waals surface area (Å²) in [7, 11) is 0. The third kappa shape index (κ3) is 73.0. The first-order chi connectivity index (χ1) is 43.0. The number of aliphatic hydroxyl groups excluding tert-OH is 2. The summed E-state index contributed by atoms with van der Waals surface area (Å²) < 4.78 is 5.51. The van der Waals surface area contributed by atoms with Crippen LogP contribution < -0.4 is 5.32 Å². The third-order valence-corrected chi connectivity index (χ3v) is 18.7. The lowest BCUT2D eigenvalue weighted by Crippen LogP contribution is -2.45. The second-order valence-electron chi connectivity index (χ2n) is 27.4. The second kappa shape index (κ2) is 76.5. The maximum absolute atomic E-state index is 12.5.